The quantitative estimate of drug-likeness (QED) is 0.0306. The Hall–Kier alpha value is -11.8. The molecule has 3 aliphatic rings. The van der Waals surface area contributed by atoms with Gasteiger partial charge in [-0.05, 0) is 53.8 Å². The number of ether oxygens (including phenoxy) is 1. The van der Waals surface area contributed by atoms with Crippen LogP contribution in [0.5, 0.6) is 0 Å². The van der Waals surface area contributed by atoms with Crippen LogP contribution < -0.4 is 89.9 Å². The van der Waals surface area contributed by atoms with Crippen molar-refractivity contribution in [3.05, 3.63) is 142 Å². The van der Waals surface area contributed by atoms with Crippen molar-refractivity contribution in [2.45, 2.75) is 199 Å². The number of aliphatic hydroxyl groups excluding tert-OH is 11. The molecule has 3 aliphatic heterocycles. The van der Waals surface area contributed by atoms with Gasteiger partial charge in [0, 0.05) is 29.7 Å². The lowest BCUT2D eigenvalue weighted by Crippen LogP contribution is -2.65. The Morgan fingerprint density at radius 1 is 0.607 bits per heavy atom. The van der Waals surface area contributed by atoms with Gasteiger partial charge < -0.3 is 151 Å². The summed E-state index contributed by atoms with van der Waals surface area (Å²) < 4.78 is 7.51. The summed E-state index contributed by atoms with van der Waals surface area (Å²) in [6.45, 7) is -2.18. The van der Waals surface area contributed by atoms with E-state index in [4.69, 9.17) is 21.0 Å². The van der Waals surface area contributed by atoms with Gasteiger partial charge in [-0.25, -0.2) is 4.57 Å². The minimum atomic E-state index is -2.79. The van der Waals surface area contributed by atoms with Gasteiger partial charge in [-0.2, -0.15) is 0 Å². The number of hydrogen-bond acceptors (Lipinski definition) is 29. The number of carbonyl (C=O) groups excluding carboxylic acids is 15. The molecular weight excluding hydrogens is 1680 g/mol. The van der Waals surface area contributed by atoms with Crippen LogP contribution in [0.25, 0.3) is 6.08 Å². The van der Waals surface area contributed by atoms with E-state index in [0.717, 1.165) is 24.0 Å². The van der Waals surface area contributed by atoms with Gasteiger partial charge >= 0.3 is 0 Å². The molecule has 122 heavy (non-hydrogen) atoms. The number of rotatable bonds is 19. The summed E-state index contributed by atoms with van der Waals surface area (Å²) in [4.78, 5) is 220. The van der Waals surface area contributed by atoms with Crippen LogP contribution in [0.15, 0.2) is 120 Å². The van der Waals surface area contributed by atoms with Crippen molar-refractivity contribution in [1.29, 1.82) is 0 Å². The molecule has 0 unspecified atom stereocenters. The predicted octanol–water partition coefficient (Wildman–Crippen LogP) is -13.4. The van der Waals surface area contributed by atoms with Crippen LogP contribution in [-0.2, 0) is 96.0 Å². The summed E-state index contributed by atoms with van der Waals surface area (Å²) in [6, 6.07) is -1.71. The number of carboxylic acid groups (broad SMARTS) is 1. The third-order valence-electron chi connectivity index (χ3n) is 19.6. The summed E-state index contributed by atoms with van der Waals surface area (Å²) in [5, 5.41) is 161. The van der Waals surface area contributed by atoms with Gasteiger partial charge in [-0.3, -0.25) is 67.1 Å². The fourth-order valence-electron chi connectivity index (χ4n) is 12.8. The number of aliphatic hydroxyl groups is 11. The van der Waals surface area contributed by atoms with E-state index in [-0.39, 0.29) is 5.56 Å². The van der Waals surface area contributed by atoms with Crippen LogP contribution in [0.2, 0.25) is 0 Å². The minimum absolute atomic E-state index is 0.252. The largest absolute Gasteiger partial charge is 0.548 e. The highest BCUT2D eigenvalue weighted by Gasteiger charge is 2.48. The number of allylic oxidation sites excluding steroid dienone is 2. The fourth-order valence-corrected chi connectivity index (χ4v) is 13.0. The maximum Gasteiger partial charge on any atom is 0.284 e. The standard InChI is InChI=1S/C76H99BrN16O29/c1-34(14-15-37-10-6-4-7-11-37)20-51(99)43-26-56(103)82-49(30-94)69(113)87-48-29-92-28-41(93(33-92)122-76-63(107)62(106)60(104)53(32-96)121-76)22-45(66(110)90-58(36(3)97)73(117)88-50(31-95)70(114)84-44(65(109)83-43)21-38-12-8-5-9-13-38)81-55(102)24-42(98)23-47(75(119)120)86-71(115)52(100)27-80-72(116)57(35(2)39-16-18-40(77)19-17-39)89-74(118)59(61(105)64(79)108)91-67(111)46(25-54(78)101)85-68(48)112/h4-20,28,33,35-36,42-53,57-63,76,94-100,104-107H,21-27,29-32H2,1-3H3,(H16-,78,79,80,81,82,83,84,85,86,87,88,89,90,91,101,102,103,108,109,110,111,112,113,114,115,116,117,118,119,120)/b15-14+,34-20+/t35-,36-,42+,43-,44-,45-,46-,47-,48+,49-,50-,51-,52-,53+,57-,58-,59-,60-,61+,62-,63+,76-/m0/s1. The summed E-state index contributed by atoms with van der Waals surface area (Å²) in [5.74, 6) is -24.1. The molecule has 3 aromatic carbocycles. The van der Waals surface area contributed by atoms with Gasteiger partial charge in [0.15, 0.2) is 11.8 Å². The maximum absolute atomic E-state index is 15.4. The molecule has 14 amide bonds. The van der Waals surface area contributed by atoms with Crippen molar-refractivity contribution in [3.63, 3.8) is 0 Å². The van der Waals surface area contributed by atoms with Crippen molar-refractivity contribution < 1.29 is 148 Å². The highest BCUT2D eigenvalue weighted by Crippen LogP contribution is 2.24. The highest BCUT2D eigenvalue weighted by atomic mass is 79.9. The Balaban J connectivity index is 1.45. The highest BCUT2D eigenvalue weighted by molar-refractivity contribution is 9.10. The van der Waals surface area contributed by atoms with E-state index < -0.39 is 299 Å². The second kappa shape index (κ2) is 45.7. The number of β-amino-alcohol motifs (C(OH)–C–C–N with tert-alkyl or cyclic N) is 1. The Kier molecular flexibility index (Phi) is 36.5. The second-order valence-corrected chi connectivity index (χ2v) is 30.0. The zero-order valence-electron chi connectivity index (χ0n) is 65.6. The minimum Gasteiger partial charge on any atom is -0.548 e. The lowest BCUT2D eigenvalue weighted by Gasteiger charge is -2.38. The SMILES string of the molecule is CC(/C=C/c1ccccc1)=C\[C@H](O)[C@@H]1CC(=O)N[C@@H](CO)C(=O)N[C@@H]2Cn3cc([n+](O[C@@H]4O[C@H](CO)[C@H](O)[C@H](O)[C@H]4O)c3)C[C@H](NC(=O)C[C@H](O)C[C@@H](C(=O)[O-])NC(=O)[C@@H](O)CNC(=O)[C@H]([C@@H](C)c3ccc(Br)cc3)NC(=O)[C@H]([C@@H](O)C(N)=O)NC(=O)[C@H](CC(N)=O)NC2=O)C(=O)N[C@@H]([C@H](C)O)C(=O)N[C@@H](CO)C(=O)N[C@@H](Cc2ccccc2)C(=O)N1. The number of carbonyl (C=O) groups is 15. The number of aliphatic carboxylic acids is 1. The number of primary amides is 2. The van der Waals surface area contributed by atoms with Crippen molar-refractivity contribution in [1.82, 2.24) is 68.4 Å². The monoisotopic (exact) mass is 1780 g/mol. The molecule has 0 radical (unpaired) electrons. The average Bonchev–Trinajstić information content (AvgIpc) is 1.52. The normalized spacial score (nSPS) is 28.6. The molecule has 0 spiro atoms. The number of hydrogen-bond donors (Lipinski definition) is 25. The summed E-state index contributed by atoms with van der Waals surface area (Å²) in [7, 11) is 0. The Labute approximate surface area is 702 Å². The molecule has 4 aromatic rings. The third kappa shape index (κ3) is 28.1. The molecule has 45 nitrogen and oxygen atoms in total. The molecule has 22 atom stereocenters. The van der Waals surface area contributed by atoms with Crippen LogP contribution in [-0.4, -0.2) is 303 Å². The number of nitrogens with zero attached hydrogens (tertiary/aromatic N) is 2. The van der Waals surface area contributed by atoms with Crippen molar-refractivity contribution in [2.24, 2.45) is 11.5 Å². The lowest BCUT2D eigenvalue weighted by molar-refractivity contribution is -0.913. The smallest absolute Gasteiger partial charge is 0.284 e. The molecule has 46 heteroatoms. The number of amides is 14. The topological polar surface area (TPSA) is 725 Å². The molecule has 0 aliphatic carbocycles. The number of halogens is 1. The molecule has 664 valence electrons. The zero-order chi connectivity index (χ0) is 90.1. The molecule has 1 saturated heterocycles. The zero-order valence-corrected chi connectivity index (χ0v) is 67.2. The van der Waals surface area contributed by atoms with Crippen molar-refractivity contribution in [3.8, 4) is 0 Å². The van der Waals surface area contributed by atoms with E-state index in [2.05, 4.69) is 69.1 Å². The Morgan fingerprint density at radius 2 is 1.17 bits per heavy atom. The molecule has 0 saturated carbocycles. The number of carboxylic acids is 1. The Bertz CT molecular complexity index is 4450. The van der Waals surface area contributed by atoms with Gasteiger partial charge in [-0.1, -0.05) is 119 Å². The van der Waals surface area contributed by atoms with Gasteiger partial charge in [0.2, 0.25) is 76.8 Å². The molecule has 1 fully saturated rings. The van der Waals surface area contributed by atoms with E-state index in [1.54, 1.807) is 60.7 Å². The van der Waals surface area contributed by atoms with Crippen molar-refractivity contribution in [2.75, 3.05) is 26.4 Å². The van der Waals surface area contributed by atoms with E-state index in [1.807, 2.05) is 10.6 Å². The number of nitrogens with one attached hydrogen (secondary N) is 12. The van der Waals surface area contributed by atoms with Gasteiger partial charge in [-0.15, -0.1) is 0 Å². The van der Waals surface area contributed by atoms with Crippen LogP contribution in [0.3, 0.4) is 0 Å². The van der Waals surface area contributed by atoms with Crippen LogP contribution >= 0.6 is 15.9 Å². The van der Waals surface area contributed by atoms with Gasteiger partial charge in [0.25, 0.3) is 18.5 Å². The number of benzene rings is 3. The molecule has 1 aromatic heterocycles. The maximum atomic E-state index is 15.4. The molecule has 4 bridgehead atoms. The first kappa shape index (κ1) is 97.3. The second-order valence-electron chi connectivity index (χ2n) is 29.1. The summed E-state index contributed by atoms with van der Waals surface area (Å²) in [5.41, 5.74) is 12.2. The average molecular weight is 1780 g/mol. The van der Waals surface area contributed by atoms with Crippen LogP contribution in [0.1, 0.15) is 74.8 Å². The van der Waals surface area contributed by atoms with E-state index in [9.17, 15) is 124 Å². The molecule has 27 N–H and O–H groups in total. The van der Waals surface area contributed by atoms with Gasteiger partial charge in [0.05, 0.1) is 75.6 Å². The first-order chi connectivity index (χ1) is 57.7. The van der Waals surface area contributed by atoms with Crippen LogP contribution in [0, 0.1) is 0 Å². The Morgan fingerprint density at radius 3 is 1.79 bits per heavy atom. The lowest BCUT2D eigenvalue weighted by atomic mass is 9.92. The summed E-state index contributed by atoms with van der Waals surface area (Å²) >= 11 is 3.27. The number of nitrogens with two attached hydrogens (primary N) is 2. The van der Waals surface area contributed by atoms with Crippen LogP contribution in [0.4, 0.5) is 0 Å². The van der Waals surface area contributed by atoms with Crippen molar-refractivity contribution >= 4 is 111 Å². The van der Waals surface area contributed by atoms with E-state index in [1.165, 1.54) is 56.3 Å². The number of fused-ring (bicyclic) bond motifs is 2. The summed E-state index contributed by atoms with van der Waals surface area (Å²) in [6.07, 6.45) is -22.0. The van der Waals surface area contributed by atoms with Gasteiger partial charge in [0.1, 0.15) is 97.6 Å². The third-order valence-corrected chi connectivity index (χ3v) is 20.1. The fraction of sp³-hybridized carbons (Fsp3) is 0.474. The first-order valence-electron chi connectivity index (χ1n) is 38.0. The predicted molar refractivity (Wildman–Crippen MR) is 417 cm³/mol. The van der Waals surface area contributed by atoms with E-state index >= 15 is 9.59 Å². The number of aromatic nitrogens is 2. The number of imidazole rings is 1. The molecular formula is C76H99BrN16O29. The first-order valence-corrected chi connectivity index (χ1v) is 38.8. The molecule has 4 heterocycles. The van der Waals surface area contributed by atoms with E-state index in [0.29, 0.717) is 25.9 Å². The molecule has 7 rings (SSSR count).